The Balaban J connectivity index is 4.01. The Bertz CT molecular complexity index is 256. The van der Waals surface area contributed by atoms with Crippen LogP contribution in [0.1, 0.15) is 19.8 Å². The number of ether oxygens (including phenoxy) is 1. The van der Waals surface area contributed by atoms with Gasteiger partial charge in [0.2, 0.25) is 5.78 Å². The number of nitrogens with one attached hydrogen (secondary N) is 2. The lowest BCUT2D eigenvalue weighted by Crippen LogP contribution is -2.47. The molecule has 1 unspecified atom stereocenters. The zero-order valence-corrected chi connectivity index (χ0v) is 10.3. The van der Waals surface area contributed by atoms with E-state index in [0.29, 0.717) is 12.9 Å². The maximum absolute atomic E-state index is 11.6. The average molecular weight is 244 g/mol. The predicted octanol–water partition coefficient (Wildman–Crippen LogP) is -0.725. The van der Waals surface area contributed by atoms with Crippen LogP contribution in [0.3, 0.4) is 0 Å². The van der Waals surface area contributed by atoms with Gasteiger partial charge in [0.15, 0.2) is 0 Å². The zero-order chi connectivity index (χ0) is 13.1. The Labute approximate surface area is 101 Å². The highest BCUT2D eigenvalue weighted by atomic mass is 16.5. The first-order valence-electron chi connectivity index (χ1n) is 5.68. The van der Waals surface area contributed by atoms with Crippen molar-refractivity contribution in [1.82, 2.24) is 10.6 Å². The quantitative estimate of drug-likeness (QED) is 0.301. The number of carbonyl (C=O) groups excluding carboxylic acids is 3. The summed E-state index contributed by atoms with van der Waals surface area (Å²) < 4.78 is 5.27. The number of hydrogen-bond donors (Lipinski definition) is 2. The van der Waals surface area contributed by atoms with Gasteiger partial charge in [-0.1, -0.05) is 13.3 Å². The van der Waals surface area contributed by atoms with Crippen molar-refractivity contribution in [1.29, 1.82) is 0 Å². The number of likely N-dealkylation sites (N-methyl/N-ethyl adjacent to an activating group) is 1. The highest BCUT2D eigenvalue weighted by Crippen LogP contribution is 1.92. The topological polar surface area (TPSA) is 84.5 Å². The molecule has 17 heavy (non-hydrogen) atoms. The fourth-order valence-electron chi connectivity index (χ4n) is 1.12. The Kier molecular flexibility index (Phi) is 9.18. The number of unbranched alkanes of at least 4 members (excludes halogenated alkanes) is 1. The smallest absolute Gasteiger partial charge is 0.289 e. The molecule has 0 fully saturated rings. The molecule has 0 radical (unpaired) electrons. The Morgan fingerprint density at radius 1 is 1.41 bits per heavy atom. The van der Waals surface area contributed by atoms with Crippen LogP contribution >= 0.6 is 0 Å². The van der Waals surface area contributed by atoms with E-state index in [1.165, 1.54) is 0 Å². The maximum Gasteiger partial charge on any atom is 0.289 e. The molecule has 0 rings (SSSR count). The number of hydrogen-bond acceptors (Lipinski definition) is 5. The molecule has 0 aliphatic rings. The van der Waals surface area contributed by atoms with E-state index in [2.05, 4.69) is 10.6 Å². The molecule has 1 amide bonds. The third-order valence-electron chi connectivity index (χ3n) is 2.16. The SMILES string of the molecule is CCCCOCC(NC)C(=O)C(=O)NCC=O. The summed E-state index contributed by atoms with van der Waals surface area (Å²) in [5.74, 6) is -1.39. The van der Waals surface area contributed by atoms with Gasteiger partial charge in [0, 0.05) is 6.61 Å². The predicted molar refractivity (Wildman–Crippen MR) is 62.7 cm³/mol. The molecular formula is C11H20N2O4. The maximum atomic E-state index is 11.6. The van der Waals surface area contributed by atoms with Gasteiger partial charge in [-0.2, -0.15) is 0 Å². The lowest BCUT2D eigenvalue weighted by molar-refractivity contribution is -0.140. The van der Waals surface area contributed by atoms with Crippen LogP contribution in [0.25, 0.3) is 0 Å². The molecule has 6 nitrogen and oxygen atoms in total. The van der Waals surface area contributed by atoms with Crippen molar-refractivity contribution in [3.05, 3.63) is 0 Å². The zero-order valence-electron chi connectivity index (χ0n) is 10.3. The molecule has 0 aliphatic carbocycles. The molecule has 0 spiro atoms. The number of aldehydes is 1. The summed E-state index contributed by atoms with van der Waals surface area (Å²) >= 11 is 0. The average Bonchev–Trinajstić information content (AvgIpc) is 2.35. The minimum absolute atomic E-state index is 0.155. The van der Waals surface area contributed by atoms with E-state index < -0.39 is 17.7 Å². The van der Waals surface area contributed by atoms with Gasteiger partial charge in [-0.25, -0.2) is 0 Å². The summed E-state index contributed by atoms with van der Waals surface area (Å²) in [6, 6.07) is -0.668. The van der Waals surface area contributed by atoms with E-state index in [-0.39, 0.29) is 13.2 Å². The first kappa shape index (κ1) is 15.7. The highest BCUT2D eigenvalue weighted by molar-refractivity contribution is 6.38. The molecule has 0 aromatic carbocycles. The molecule has 0 aromatic rings. The van der Waals surface area contributed by atoms with Crippen molar-refractivity contribution < 1.29 is 19.1 Å². The summed E-state index contributed by atoms with van der Waals surface area (Å²) in [5.41, 5.74) is 0. The molecule has 0 aliphatic heterocycles. The molecule has 0 bridgehead atoms. The Morgan fingerprint density at radius 2 is 2.12 bits per heavy atom. The van der Waals surface area contributed by atoms with Gasteiger partial charge >= 0.3 is 0 Å². The van der Waals surface area contributed by atoms with Crippen molar-refractivity contribution in [2.45, 2.75) is 25.8 Å². The molecule has 0 saturated carbocycles. The summed E-state index contributed by atoms with van der Waals surface area (Å²) in [5, 5.41) is 4.91. The first-order valence-corrected chi connectivity index (χ1v) is 5.68. The summed E-state index contributed by atoms with van der Waals surface area (Å²) in [7, 11) is 1.58. The number of carbonyl (C=O) groups is 3. The summed E-state index contributed by atoms with van der Waals surface area (Å²) in [6.07, 6.45) is 2.46. The second kappa shape index (κ2) is 9.92. The van der Waals surface area contributed by atoms with Gasteiger partial charge in [0.25, 0.3) is 5.91 Å². The van der Waals surface area contributed by atoms with Crippen LogP contribution in [0.4, 0.5) is 0 Å². The van der Waals surface area contributed by atoms with Gasteiger partial charge in [-0.05, 0) is 13.5 Å². The molecule has 0 aromatic heterocycles. The van der Waals surface area contributed by atoms with Crippen LogP contribution in [0.15, 0.2) is 0 Å². The standard InChI is InChI=1S/C11H20N2O4/c1-3-4-7-17-8-9(12-2)10(15)11(16)13-5-6-14/h6,9,12H,3-5,7-8H2,1-2H3,(H,13,16). The number of amides is 1. The lowest BCUT2D eigenvalue weighted by atomic mass is 10.2. The van der Waals surface area contributed by atoms with E-state index in [1.54, 1.807) is 7.05 Å². The fourth-order valence-corrected chi connectivity index (χ4v) is 1.12. The van der Waals surface area contributed by atoms with E-state index >= 15 is 0 Å². The van der Waals surface area contributed by atoms with Crippen LogP contribution in [0.5, 0.6) is 0 Å². The van der Waals surface area contributed by atoms with E-state index in [9.17, 15) is 14.4 Å². The van der Waals surface area contributed by atoms with Crippen molar-refractivity contribution in [3.8, 4) is 0 Å². The van der Waals surface area contributed by atoms with Crippen LogP contribution in [-0.4, -0.2) is 50.8 Å². The third kappa shape index (κ3) is 6.80. The Hall–Kier alpha value is -1.27. The molecular weight excluding hydrogens is 224 g/mol. The van der Waals surface area contributed by atoms with Crippen molar-refractivity contribution in [2.75, 3.05) is 26.8 Å². The number of ketones is 1. The molecule has 98 valence electrons. The second-order valence-electron chi connectivity index (χ2n) is 3.51. The van der Waals surface area contributed by atoms with Crippen molar-refractivity contribution in [3.63, 3.8) is 0 Å². The van der Waals surface area contributed by atoms with Crippen molar-refractivity contribution >= 4 is 18.0 Å². The van der Waals surface area contributed by atoms with E-state index in [4.69, 9.17) is 4.74 Å². The normalized spacial score (nSPS) is 11.9. The van der Waals surface area contributed by atoms with Gasteiger partial charge in [-0.15, -0.1) is 0 Å². The van der Waals surface area contributed by atoms with Crippen LogP contribution < -0.4 is 10.6 Å². The number of rotatable bonds is 10. The highest BCUT2D eigenvalue weighted by Gasteiger charge is 2.23. The van der Waals surface area contributed by atoms with Gasteiger partial charge < -0.3 is 20.2 Å². The van der Waals surface area contributed by atoms with Gasteiger partial charge in [-0.3, -0.25) is 9.59 Å². The van der Waals surface area contributed by atoms with Crippen LogP contribution in [-0.2, 0) is 19.1 Å². The van der Waals surface area contributed by atoms with E-state index in [0.717, 1.165) is 12.8 Å². The second-order valence-corrected chi connectivity index (χ2v) is 3.51. The van der Waals surface area contributed by atoms with Crippen molar-refractivity contribution in [2.24, 2.45) is 0 Å². The number of Topliss-reactive ketones (excluding diaryl/α,β-unsaturated/α-hetero) is 1. The molecule has 6 heteroatoms. The summed E-state index contributed by atoms with van der Waals surface area (Å²) in [4.78, 5) is 32.9. The van der Waals surface area contributed by atoms with Crippen LogP contribution in [0, 0.1) is 0 Å². The van der Waals surface area contributed by atoms with Gasteiger partial charge in [0.05, 0.1) is 19.2 Å². The Morgan fingerprint density at radius 3 is 2.65 bits per heavy atom. The lowest BCUT2D eigenvalue weighted by Gasteiger charge is -2.14. The molecule has 1 atom stereocenters. The van der Waals surface area contributed by atoms with E-state index in [1.807, 2.05) is 6.92 Å². The molecule has 0 heterocycles. The fraction of sp³-hybridized carbons (Fsp3) is 0.727. The first-order chi connectivity index (χ1) is 8.17. The van der Waals surface area contributed by atoms with Crippen LogP contribution in [0.2, 0.25) is 0 Å². The molecule has 0 saturated heterocycles. The third-order valence-corrected chi connectivity index (χ3v) is 2.16. The monoisotopic (exact) mass is 244 g/mol. The largest absolute Gasteiger partial charge is 0.379 e. The molecule has 2 N–H and O–H groups in total. The summed E-state index contributed by atoms with van der Waals surface area (Å²) in [6.45, 7) is 2.61. The minimum Gasteiger partial charge on any atom is -0.379 e. The van der Waals surface area contributed by atoms with Gasteiger partial charge in [0.1, 0.15) is 6.29 Å². The minimum atomic E-state index is -0.768.